The Morgan fingerprint density at radius 2 is 1.84 bits per heavy atom. The third kappa shape index (κ3) is 7.03. The molecule has 2 aromatic carbocycles. The number of amides is 3. The van der Waals surface area contributed by atoms with E-state index in [2.05, 4.69) is 20.5 Å². The van der Waals surface area contributed by atoms with E-state index >= 15 is 0 Å². The van der Waals surface area contributed by atoms with Crippen LogP contribution in [-0.4, -0.2) is 28.9 Å². The quantitative estimate of drug-likeness (QED) is 0.180. The van der Waals surface area contributed by atoms with Crippen molar-refractivity contribution in [1.29, 1.82) is 0 Å². The molecule has 9 nitrogen and oxygen atoms in total. The molecule has 38 heavy (non-hydrogen) atoms. The van der Waals surface area contributed by atoms with Gasteiger partial charge >= 0.3 is 12.0 Å². The van der Waals surface area contributed by atoms with Crippen LogP contribution in [0.15, 0.2) is 76.8 Å². The Hall–Kier alpha value is -3.60. The molecule has 4 rings (SSSR count). The van der Waals surface area contributed by atoms with Gasteiger partial charge in [-0.15, -0.1) is 0 Å². The van der Waals surface area contributed by atoms with Gasteiger partial charge in [0, 0.05) is 27.7 Å². The first-order chi connectivity index (χ1) is 18.3. The van der Waals surface area contributed by atoms with Crippen molar-refractivity contribution in [3.63, 3.8) is 0 Å². The highest BCUT2D eigenvalue weighted by atomic mass is 35.5. The summed E-state index contributed by atoms with van der Waals surface area (Å²) in [5.41, 5.74) is 2.42. The number of hydrogen-bond acceptors (Lipinski definition) is 8. The number of carbonyl (C=O) groups excluding carboxylic acids is 3. The van der Waals surface area contributed by atoms with Crippen molar-refractivity contribution in [2.24, 2.45) is 5.92 Å². The molecule has 2 heterocycles. The minimum absolute atomic E-state index is 0.00718. The van der Waals surface area contributed by atoms with E-state index in [1.165, 1.54) is 11.8 Å². The van der Waals surface area contributed by atoms with Crippen molar-refractivity contribution < 1.29 is 23.9 Å². The van der Waals surface area contributed by atoms with Gasteiger partial charge in [-0.2, -0.15) is 0 Å². The van der Waals surface area contributed by atoms with E-state index in [4.69, 9.17) is 21.3 Å². The number of aromatic nitrogens is 1. The fraction of sp³-hybridized carbons (Fsp3) is 0.259. The Morgan fingerprint density at radius 3 is 2.50 bits per heavy atom. The van der Waals surface area contributed by atoms with E-state index in [0.717, 1.165) is 20.9 Å². The third-order valence-corrected chi connectivity index (χ3v) is 7.10. The lowest BCUT2D eigenvalue weighted by Crippen LogP contribution is -2.37. The van der Waals surface area contributed by atoms with Gasteiger partial charge in [0.15, 0.2) is 0 Å². The van der Waals surface area contributed by atoms with E-state index in [0.29, 0.717) is 17.9 Å². The number of pyridine rings is 1. The molecule has 1 aromatic heterocycles. The minimum atomic E-state index is -0.769. The molecule has 0 aliphatic carbocycles. The smallest absolute Gasteiger partial charge is 0.324 e. The fourth-order valence-electron chi connectivity index (χ4n) is 3.73. The van der Waals surface area contributed by atoms with Crippen LogP contribution in [0.25, 0.3) is 0 Å². The van der Waals surface area contributed by atoms with Crippen molar-refractivity contribution in [2.75, 3.05) is 0 Å². The Morgan fingerprint density at radius 1 is 1.11 bits per heavy atom. The highest BCUT2D eigenvalue weighted by Crippen LogP contribution is 2.34. The van der Waals surface area contributed by atoms with Gasteiger partial charge in [0.05, 0.1) is 0 Å². The van der Waals surface area contributed by atoms with Gasteiger partial charge in [0.1, 0.15) is 31.0 Å². The van der Waals surface area contributed by atoms with Crippen LogP contribution >= 0.6 is 23.5 Å². The number of ether oxygens (including phenoxy) is 2. The summed E-state index contributed by atoms with van der Waals surface area (Å²) in [6.45, 7) is 4.26. The summed E-state index contributed by atoms with van der Waals surface area (Å²) in [6.07, 6.45) is 3.23. The zero-order valence-electron chi connectivity index (χ0n) is 20.8. The molecule has 2 atom stereocenters. The number of esters is 1. The molecule has 3 N–H and O–H groups in total. The van der Waals surface area contributed by atoms with Crippen molar-refractivity contribution in [3.05, 3.63) is 83.7 Å². The monoisotopic (exact) mass is 554 g/mol. The fourth-order valence-corrected chi connectivity index (χ4v) is 5.02. The second-order valence-corrected chi connectivity index (χ2v) is 10.3. The molecule has 1 saturated heterocycles. The van der Waals surface area contributed by atoms with Crippen LogP contribution in [0.3, 0.4) is 0 Å². The summed E-state index contributed by atoms with van der Waals surface area (Å²) in [6, 6.07) is 15.2. The summed E-state index contributed by atoms with van der Waals surface area (Å²) in [5.74, 6) is -0.100. The average Bonchev–Trinajstić information content (AvgIpc) is 3.25. The molecular formula is C27H27ClN4O5S. The predicted molar refractivity (Wildman–Crippen MR) is 142 cm³/mol. The molecule has 1 unspecified atom stereocenters. The van der Waals surface area contributed by atoms with Gasteiger partial charge in [-0.25, -0.2) is 9.63 Å². The van der Waals surface area contributed by atoms with Crippen LogP contribution in [-0.2, 0) is 27.5 Å². The lowest BCUT2D eigenvalue weighted by Gasteiger charge is -2.17. The molecule has 11 heteroatoms. The molecule has 0 saturated carbocycles. The maximum absolute atomic E-state index is 12.2. The Kier molecular flexibility index (Phi) is 9.22. The second kappa shape index (κ2) is 12.8. The SMILES string of the molecule is CC(C)[C@@H](NCl)C(=O)OCc1cccc(COc2ccc(Sc3ccncc3C3NC(=O)NC3=O)cc2)c1. The lowest BCUT2D eigenvalue weighted by molar-refractivity contribution is -0.148. The second-order valence-electron chi connectivity index (χ2n) is 8.93. The Labute approximate surface area is 229 Å². The Balaban J connectivity index is 1.33. The summed E-state index contributed by atoms with van der Waals surface area (Å²) in [5, 5.41) is 4.86. The van der Waals surface area contributed by atoms with E-state index in [-0.39, 0.29) is 12.5 Å². The van der Waals surface area contributed by atoms with E-state index in [9.17, 15) is 14.4 Å². The number of imide groups is 1. The number of carbonyl (C=O) groups is 3. The van der Waals surface area contributed by atoms with E-state index in [1.54, 1.807) is 12.4 Å². The number of nitrogens with one attached hydrogen (secondary N) is 3. The number of benzene rings is 2. The van der Waals surface area contributed by atoms with Gasteiger partial charge < -0.3 is 14.8 Å². The van der Waals surface area contributed by atoms with Crippen molar-refractivity contribution in [1.82, 2.24) is 20.5 Å². The molecule has 198 valence electrons. The third-order valence-electron chi connectivity index (χ3n) is 5.76. The summed E-state index contributed by atoms with van der Waals surface area (Å²) < 4.78 is 11.3. The van der Waals surface area contributed by atoms with Crippen LogP contribution in [0.5, 0.6) is 5.75 Å². The first-order valence-electron chi connectivity index (χ1n) is 11.9. The normalized spacial score (nSPS) is 15.6. The molecule has 1 aliphatic heterocycles. The maximum Gasteiger partial charge on any atom is 0.324 e. The summed E-state index contributed by atoms with van der Waals surface area (Å²) in [4.78, 5) is 44.2. The van der Waals surface area contributed by atoms with Gasteiger partial charge in [-0.1, -0.05) is 43.8 Å². The van der Waals surface area contributed by atoms with Gasteiger partial charge in [-0.05, 0) is 65.2 Å². The van der Waals surface area contributed by atoms with E-state index < -0.39 is 30.0 Å². The first kappa shape index (κ1) is 27.4. The lowest BCUT2D eigenvalue weighted by atomic mass is 10.1. The van der Waals surface area contributed by atoms with Gasteiger partial charge in [0.25, 0.3) is 5.91 Å². The van der Waals surface area contributed by atoms with Gasteiger partial charge in [0.2, 0.25) is 0 Å². The van der Waals surface area contributed by atoms with Crippen molar-refractivity contribution in [3.8, 4) is 5.75 Å². The molecular weight excluding hydrogens is 528 g/mol. The maximum atomic E-state index is 12.2. The minimum Gasteiger partial charge on any atom is -0.489 e. The van der Waals surface area contributed by atoms with Crippen molar-refractivity contribution >= 4 is 41.4 Å². The predicted octanol–water partition coefficient (Wildman–Crippen LogP) is 4.50. The van der Waals surface area contributed by atoms with Crippen LogP contribution in [0.4, 0.5) is 4.79 Å². The highest BCUT2D eigenvalue weighted by molar-refractivity contribution is 7.99. The molecule has 0 spiro atoms. The summed E-state index contributed by atoms with van der Waals surface area (Å²) >= 11 is 7.12. The van der Waals surface area contributed by atoms with Gasteiger partial charge in [-0.3, -0.25) is 19.9 Å². The number of halogens is 1. The summed E-state index contributed by atoms with van der Waals surface area (Å²) in [7, 11) is 0. The molecule has 1 aliphatic rings. The number of hydrogen-bond donors (Lipinski definition) is 3. The molecule has 3 amide bonds. The number of nitrogens with zero attached hydrogens (tertiary/aromatic N) is 1. The molecule has 1 fully saturated rings. The zero-order valence-corrected chi connectivity index (χ0v) is 22.3. The average molecular weight is 555 g/mol. The molecule has 0 radical (unpaired) electrons. The number of rotatable bonds is 11. The zero-order chi connectivity index (χ0) is 27.1. The highest BCUT2D eigenvalue weighted by Gasteiger charge is 2.32. The van der Waals surface area contributed by atoms with Crippen molar-refractivity contribution in [2.45, 2.75) is 48.9 Å². The van der Waals surface area contributed by atoms with Crippen LogP contribution in [0.1, 0.15) is 36.6 Å². The molecule has 0 bridgehead atoms. The van der Waals surface area contributed by atoms with Crippen LogP contribution in [0, 0.1) is 5.92 Å². The van der Waals surface area contributed by atoms with E-state index in [1.807, 2.05) is 68.4 Å². The topological polar surface area (TPSA) is 119 Å². The number of urea groups is 1. The first-order valence-corrected chi connectivity index (χ1v) is 13.1. The van der Waals surface area contributed by atoms with Crippen LogP contribution < -0.4 is 20.2 Å². The van der Waals surface area contributed by atoms with Crippen LogP contribution in [0.2, 0.25) is 0 Å². The Bertz CT molecular complexity index is 1300. The molecule has 3 aromatic rings. The largest absolute Gasteiger partial charge is 0.489 e. The standard InChI is InChI=1S/C27H27ClN4O5S/c1-16(2)23(32-28)26(34)37-15-18-5-3-4-17(12-18)14-36-19-6-8-20(9-7-19)38-22-10-11-29-13-21(22)24-25(33)31-27(35)30-24/h3-13,16,23-24,32H,14-15H2,1-2H3,(H2,30,31,33,35)/t23-,24?/m1/s1.